The molecule has 0 radical (unpaired) electrons. The van der Waals surface area contributed by atoms with E-state index < -0.39 is 0 Å². The van der Waals surface area contributed by atoms with Crippen molar-refractivity contribution in [2.75, 3.05) is 12.3 Å². The summed E-state index contributed by atoms with van der Waals surface area (Å²) >= 11 is 1.70. The Balaban J connectivity index is 2.43. The number of likely N-dealkylation sites (N-methyl/N-ethyl adjacent to an activating group) is 1. The van der Waals surface area contributed by atoms with Crippen molar-refractivity contribution in [3.8, 4) is 0 Å². The van der Waals surface area contributed by atoms with E-state index in [0.717, 1.165) is 10.9 Å². The zero-order chi connectivity index (χ0) is 12.1. The first-order chi connectivity index (χ1) is 7.54. The summed E-state index contributed by atoms with van der Waals surface area (Å²) in [5, 5.41) is 6.84. The number of hydrogen-bond donors (Lipinski definition) is 2. The van der Waals surface area contributed by atoms with Gasteiger partial charge >= 0.3 is 0 Å². The molecular weight excluding hydrogens is 222 g/mol. The molecule has 0 aromatic carbocycles. The highest BCUT2D eigenvalue weighted by molar-refractivity contribution is 8.14. The van der Waals surface area contributed by atoms with Crippen molar-refractivity contribution in [2.45, 2.75) is 39.8 Å². The van der Waals surface area contributed by atoms with Gasteiger partial charge in [0.05, 0.1) is 6.04 Å². The van der Waals surface area contributed by atoms with Crippen LogP contribution in [0.4, 0.5) is 0 Å². The van der Waals surface area contributed by atoms with Crippen LogP contribution in [0.5, 0.6) is 0 Å². The molecule has 1 amide bonds. The Labute approximate surface area is 102 Å². The van der Waals surface area contributed by atoms with E-state index in [1.165, 1.54) is 0 Å². The standard InChI is InChI=1S/C11H21N3OS/c1-5-12-10(15)8(4)13-11-14-9(6-16-11)7(2)3/h7-9H,5-6H2,1-4H3,(H,12,15)(H,13,14)/t8?,9-/m1/s1. The van der Waals surface area contributed by atoms with Gasteiger partial charge in [-0.1, -0.05) is 25.6 Å². The molecular formula is C11H21N3OS. The van der Waals surface area contributed by atoms with Crippen LogP contribution in [0.2, 0.25) is 0 Å². The fourth-order valence-corrected chi connectivity index (χ4v) is 2.65. The van der Waals surface area contributed by atoms with E-state index in [4.69, 9.17) is 0 Å². The quantitative estimate of drug-likeness (QED) is 0.781. The fourth-order valence-electron chi connectivity index (χ4n) is 1.39. The Morgan fingerprint density at radius 1 is 1.56 bits per heavy atom. The smallest absolute Gasteiger partial charge is 0.242 e. The van der Waals surface area contributed by atoms with Crippen LogP contribution >= 0.6 is 11.8 Å². The largest absolute Gasteiger partial charge is 0.355 e. The van der Waals surface area contributed by atoms with E-state index in [1.807, 2.05) is 13.8 Å². The molecule has 0 saturated heterocycles. The maximum atomic E-state index is 11.5. The number of hydrogen-bond acceptors (Lipinski definition) is 4. The number of thioether (sulfide) groups is 1. The van der Waals surface area contributed by atoms with Gasteiger partial charge in [0.15, 0.2) is 5.17 Å². The average Bonchev–Trinajstić information content (AvgIpc) is 2.66. The predicted molar refractivity (Wildman–Crippen MR) is 69.8 cm³/mol. The molecule has 5 heteroatoms. The molecule has 1 aliphatic rings. The molecule has 2 N–H and O–H groups in total. The van der Waals surface area contributed by atoms with Gasteiger partial charge in [0.25, 0.3) is 0 Å². The molecule has 1 unspecified atom stereocenters. The van der Waals surface area contributed by atoms with Gasteiger partial charge in [0.1, 0.15) is 6.04 Å². The third kappa shape index (κ3) is 3.70. The first-order valence-electron chi connectivity index (χ1n) is 5.79. The fraction of sp³-hybridized carbons (Fsp3) is 0.818. The van der Waals surface area contributed by atoms with Crippen LogP contribution in [0.15, 0.2) is 4.99 Å². The molecule has 92 valence electrons. The van der Waals surface area contributed by atoms with E-state index in [9.17, 15) is 4.79 Å². The minimum absolute atomic E-state index is 0.0267. The lowest BCUT2D eigenvalue weighted by molar-refractivity contribution is -0.122. The molecule has 1 rings (SSSR count). The first-order valence-corrected chi connectivity index (χ1v) is 6.78. The van der Waals surface area contributed by atoms with Crippen molar-refractivity contribution in [3.05, 3.63) is 0 Å². The molecule has 0 saturated carbocycles. The summed E-state index contributed by atoms with van der Waals surface area (Å²) in [5.41, 5.74) is 0. The van der Waals surface area contributed by atoms with Crippen LogP contribution in [0.1, 0.15) is 27.7 Å². The van der Waals surface area contributed by atoms with E-state index in [1.54, 1.807) is 11.8 Å². The minimum Gasteiger partial charge on any atom is -0.355 e. The summed E-state index contributed by atoms with van der Waals surface area (Å²) in [7, 11) is 0. The summed E-state index contributed by atoms with van der Waals surface area (Å²) in [5.74, 6) is 1.60. The van der Waals surface area contributed by atoms with Gasteiger partial charge in [0, 0.05) is 12.3 Å². The Hall–Kier alpha value is -0.710. The summed E-state index contributed by atoms with van der Waals surface area (Å²) < 4.78 is 0. The second kappa shape index (κ2) is 6.13. The van der Waals surface area contributed by atoms with E-state index in [2.05, 4.69) is 29.5 Å². The SMILES string of the molecule is CCNC(=O)C(C)NC1=N[C@@H](C(C)C)CS1. The number of aliphatic imine (C=N–C) groups is 1. The topological polar surface area (TPSA) is 53.5 Å². The normalized spacial score (nSPS) is 21.8. The molecule has 4 nitrogen and oxygen atoms in total. The Kier molecular flexibility index (Phi) is 5.12. The number of nitrogens with zero attached hydrogens (tertiary/aromatic N) is 1. The van der Waals surface area contributed by atoms with E-state index in [0.29, 0.717) is 18.5 Å². The second-order valence-electron chi connectivity index (χ2n) is 4.32. The Morgan fingerprint density at radius 3 is 2.75 bits per heavy atom. The number of amides is 1. The summed E-state index contributed by atoms with van der Waals surface area (Å²) in [6.07, 6.45) is 0. The van der Waals surface area contributed by atoms with Gasteiger partial charge in [-0.15, -0.1) is 0 Å². The number of rotatable bonds is 4. The van der Waals surface area contributed by atoms with Crippen LogP contribution in [0.25, 0.3) is 0 Å². The van der Waals surface area contributed by atoms with Gasteiger partial charge in [0.2, 0.25) is 5.91 Å². The van der Waals surface area contributed by atoms with Crippen LogP contribution < -0.4 is 10.6 Å². The molecule has 0 bridgehead atoms. The maximum absolute atomic E-state index is 11.5. The zero-order valence-electron chi connectivity index (χ0n) is 10.4. The van der Waals surface area contributed by atoms with Crippen molar-refractivity contribution in [2.24, 2.45) is 10.9 Å². The highest BCUT2D eigenvalue weighted by atomic mass is 32.2. The first kappa shape index (κ1) is 13.4. The molecule has 0 aliphatic carbocycles. The lowest BCUT2D eigenvalue weighted by Crippen LogP contribution is -2.43. The highest BCUT2D eigenvalue weighted by Crippen LogP contribution is 2.22. The maximum Gasteiger partial charge on any atom is 0.242 e. The molecule has 2 atom stereocenters. The van der Waals surface area contributed by atoms with Crippen molar-refractivity contribution < 1.29 is 4.79 Å². The predicted octanol–water partition coefficient (Wildman–Crippen LogP) is 1.23. The zero-order valence-corrected chi connectivity index (χ0v) is 11.2. The van der Waals surface area contributed by atoms with Gasteiger partial charge < -0.3 is 10.6 Å². The van der Waals surface area contributed by atoms with Gasteiger partial charge in [-0.3, -0.25) is 9.79 Å². The Bertz CT molecular complexity index is 278. The average molecular weight is 243 g/mol. The third-order valence-corrected chi connectivity index (χ3v) is 3.53. The number of carbonyl (C=O) groups excluding carboxylic acids is 1. The molecule has 0 spiro atoms. The molecule has 0 fully saturated rings. The monoisotopic (exact) mass is 243 g/mol. The van der Waals surface area contributed by atoms with Gasteiger partial charge in [-0.05, 0) is 19.8 Å². The second-order valence-corrected chi connectivity index (χ2v) is 5.33. The molecule has 1 heterocycles. The molecule has 0 aromatic heterocycles. The van der Waals surface area contributed by atoms with Crippen molar-refractivity contribution in [1.82, 2.24) is 10.6 Å². The minimum atomic E-state index is -0.211. The summed E-state index contributed by atoms with van der Waals surface area (Å²) in [6, 6.07) is 0.172. The highest BCUT2D eigenvalue weighted by Gasteiger charge is 2.23. The Morgan fingerprint density at radius 2 is 2.25 bits per heavy atom. The molecule has 0 aromatic rings. The summed E-state index contributed by atoms with van der Waals surface area (Å²) in [4.78, 5) is 16.1. The van der Waals surface area contributed by atoms with E-state index >= 15 is 0 Å². The molecule has 16 heavy (non-hydrogen) atoms. The molecule has 1 aliphatic heterocycles. The van der Waals surface area contributed by atoms with E-state index in [-0.39, 0.29) is 11.9 Å². The van der Waals surface area contributed by atoms with Gasteiger partial charge in [-0.2, -0.15) is 0 Å². The van der Waals surface area contributed by atoms with Crippen LogP contribution in [-0.4, -0.2) is 35.5 Å². The van der Waals surface area contributed by atoms with Crippen molar-refractivity contribution >= 4 is 22.8 Å². The number of carbonyl (C=O) groups is 1. The number of amidine groups is 1. The lowest BCUT2D eigenvalue weighted by Gasteiger charge is -2.13. The summed E-state index contributed by atoms with van der Waals surface area (Å²) in [6.45, 7) is 8.78. The van der Waals surface area contributed by atoms with Crippen molar-refractivity contribution in [1.29, 1.82) is 0 Å². The van der Waals surface area contributed by atoms with Gasteiger partial charge in [-0.25, -0.2) is 0 Å². The van der Waals surface area contributed by atoms with Crippen LogP contribution in [0.3, 0.4) is 0 Å². The third-order valence-electron chi connectivity index (χ3n) is 2.53. The lowest BCUT2D eigenvalue weighted by atomic mass is 10.1. The van der Waals surface area contributed by atoms with Crippen LogP contribution in [-0.2, 0) is 4.79 Å². The van der Waals surface area contributed by atoms with Crippen LogP contribution in [0, 0.1) is 5.92 Å². The number of nitrogens with one attached hydrogen (secondary N) is 2. The van der Waals surface area contributed by atoms with Crippen molar-refractivity contribution in [3.63, 3.8) is 0 Å².